The van der Waals surface area contributed by atoms with Crippen LogP contribution < -0.4 is 0 Å². The second-order valence-electron chi connectivity index (χ2n) is 5.85. The maximum absolute atomic E-state index is 12.7. The van der Waals surface area contributed by atoms with Crippen LogP contribution in [0.5, 0.6) is 0 Å². The van der Waals surface area contributed by atoms with Crippen LogP contribution >= 0.6 is 0 Å². The van der Waals surface area contributed by atoms with Gasteiger partial charge in [0.05, 0.1) is 18.8 Å². The number of pyridine rings is 1. The van der Waals surface area contributed by atoms with Gasteiger partial charge < -0.3 is 9.64 Å². The van der Waals surface area contributed by atoms with E-state index in [-0.39, 0.29) is 11.8 Å². The summed E-state index contributed by atoms with van der Waals surface area (Å²) in [6.07, 6.45) is 7.44. The molecule has 3 heterocycles. The first kappa shape index (κ1) is 15.6. The summed E-state index contributed by atoms with van der Waals surface area (Å²) >= 11 is 0. The van der Waals surface area contributed by atoms with Crippen LogP contribution in [0.1, 0.15) is 21.6 Å². The molecule has 3 rings (SSSR count). The second kappa shape index (κ2) is 7.28. The van der Waals surface area contributed by atoms with Gasteiger partial charge >= 0.3 is 0 Å². The molecule has 6 nitrogen and oxygen atoms in total. The van der Waals surface area contributed by atoms with Crippen LogP contribution in [0.25, 0.3) is 0 Å². The van der Waals surface area contributed by atoms with E-state index < -0.39 is 0 Å². The van der Waals surface area contributed by atoms with Gasteiger partial charge in [-0.2, -0.15) is 0 Å². The van der Waals surface area contributed by atoms with E-state index in [4.69, 9.17) is 4.74 Å². The number of hydrogen-bond donors (Lipinski definition) is 0. The van der Waals surface area contributed by atoms with Crippen LogP contribution in [-0.2, 0) is 11.2 Å². The molecule has 0 spiro atoms. The van der Waals surface area contributed by atoms with E-state index in [0.29, 0.717) is 31.9 Å². The van der Waals surface area contributed by atoms with E-state index in [2.05, 4.69) is 15.0 Å². The molecular weight excluding hydrogens is 292 g/mol. The summed E-state index contributed by atoms with van der Waals surface area (Å²) in [7, 11) is 0. The summed E-state index contributed by atoms with van der Waals surface area (Å²) in [5.41, 5.74) is 2.59. The Hall–Kier alpha value is -2.34. The van der Waals surface area contributed by atoms with Gasteiger partial charge in [-0.15, -0.1) is 0 Å². The van der Waals surface area contributed by atoms with E-state index in [1.165, 1.54) is 0 Å². The van der Waals surface area contributed by atoms with Gasteiger partial charge in [0.2, 0.25) is 0 Å². The molecule has 0 saturated carbocycles. The van der Waals surface area contributed by atoms with Gasteiger partial charge in [0.15, 0.2) is 0 Å². The molecule has 0 radical (unpaired) electrons. The Morgan fingerprint density at radius 3 is 3.09 bits per heavy atom. The molecule has 1 atom stereocenters. The molecule has 120 valence electrons. The minimum absolute atomic E-state index is 0.0133. The third-order valence-corrected chi connectivity index (χ3v) is 3.89. The number of carbonyl (C=O) groups excluding carboxylic acids is 1. The summed E-state index contributed by atoms with van der Waals surface area (Å²) in [5, 5.41) is 0. The topological polar surface area (TPSA) is 68.2 Å². The molecule has 1 amide bonds. The minimum atomic E-state index is 0.0133. The second-order valence-corrected chi connectivity index (χ2v) is 5.85. The van der Waals surface area contributed by atoms with Crippen LogP contribution in [0.4, 0.5) is 0 Å². The maximum Gasteiger partial charge on any atom is 0.255 e. The Morgan fingerprint density at radius 1 is 1.39 bits per heavy atom. The first-order valence-corrected chi connectivity index (χ1v) is 7.76. The quantitative estimate of drug-likeness (QED) is 0.859. The molecule has 1 aliphatic heterocycles. The number of hydrogen-bond acceptors (Lipinski definition) is 5. The van der Waals surface area contributed by atoms with Crippen molar-refractivity contribution < 1.29 is 9.53 Å². The monoisotopic (exact) mass is 312 g/mol. The maximum atomic E-state index is 12.7. The first-order chi connectivity index (χ1) is 11.2. The Balaban J connectivity index is 1.70. The van der Waals surface area contributed by atoms with Crippen molar-refractivity contribution in [2.75, 3.05) is 26.3 Å². The van der Waals surface area contributed by atoms with Gasteiger partial charge in [0.25, 0.3) is 5.91 Å². The zero-order valence-corrected chi connectivity index (χ0v) is 13.2. The predicted octanol–water partition coefficient (Wildman–Crippen LogP) is 1.51. The fraction of sp³-hybridized carbons (Fsp3) is 0.412. The van der Waals surface area contributed by atoms with Gasteiger partial charge in [0.1, 0.15) is 6.33 Å². The van der Waals surface area contributed by atoms with E-state index in [0.717, 1.165) is 17.7 Å². The molecular formula is C17H20N4O2. The summed E-state index contributed by atoms with van der Waals surface area (Å²) < 4.78 is 5.67. The number of amides is 1. The van der Waals surface area contributed by atoms with Crippen LogP contribution in [0, 0.1) is 12.8 Å². The Morgan fingerprint density at radius 2 is 2.30 bits per heavy atom. The summed E-state index contributed by atoms with van der Waals surface area (Å²) in [6, 6.07) is 3.78. The zero-order valence-electron chi connectivity index (χ0n) is 13.2. The van der Waals surface area contributed by atoms with Crippen molar-refractivity contribution in [2.45, 2.75) is 13.3 Å². The van der Waals surface area contributed by atoms with Gasteiger partial charge in [-0.3, -0.25) is 9.78 Å². The lowest BCUT2D eigenvalue weighted by Crippen LogP contribution is -2.36. The third-order valence-electron chi connectivity index (χ3n) is 3.89. The number of nitrogens with zero attached hydrogens (tertiary/aromatic N) is 4. The molecule has 6 heteroatoms. The molecule has 0 N–H and O–H groups in total. The van der Waals surface area contributed by atoms with Gasteiger partial charge in [-0.25, -0.2) is 9.97 Å². The highest BCUT2D eigenvalue weighted by atomic mass is 16.5. The van der Waals surface area contributed by atoms with Crippen molar-refractivity contribution in [1.29, 1.82) is 0 Å². The fourth-order valence-electron chi connectivity index (χ4n) is 2.78. The molecule has 0 aromatic carbocycles. The van der Waals surface area contributed by atoms with E-state index in [1.54, 1.807) is 24.9 Å². The smallest absolute Gasteiger partial charge is 0.255 e. The zero-order chi connectivity index (χ0) is 16.1. The molecule has 0 aliphatic carbocycles. The van der Waals surface area contributed by atoms with Gasteiger partial charge in [-0.05, 0) is 31.0 Å². The molecule has 23 heavy (non-hydrogen) atoms. The van der Waals surface area contributed by atoms with Crippen molar-refractivity contribution >= 4 is 5.91 Å². The molecule has 2 aromatic rings. The molecule has 1 fully saturated rings. The number of ether oxygens (including phenoxy) is 1. The van der Waals surface area contributed by atoms with E-state index in [9.17, 15) is 4.79 Å². The molecule has 2 aromatic heterocycles. The van der Waals surface area contributed by atoms with Crippen LogP contribution in [0.15, 0.2) is 37.1 Å². The van der Waals surface area contributed by atoms with Crippen molar-refractivity contribution in [2.24, 2.45) is 5.92 Å². The third kappa shape index (κ3) is 4.10. The standard InChI is InChI=1S/C17H20N4O2/c1-13-6-15(9-19-8-13)17(22)21-4-5-23-11-14(10-21)7-16-2-3-18-12-20-16/h2-3,6,8-9,12,14H,4-5,7,10-11H2,1H3/t14-/m0/s1. The highest BCUT2D eigenvalue weighted by Gasteiger charge is 2.24. The van der Waals surface area contributed by atoms with Crippen LogP contribution in [0.2, 0.25) is 0 Å². The van der Waals surface area contributed by atoms with E-state index in [1.807, 2.05) is 24.0 Å². The number of carbonyl (C=O) groups is 1. The highest BCUT2D eigenvalue weighted by Crippen LogP contribution is 2.15. The number of aryl methyl sites for hydroxylation is 1. The molecule has 0 unspecified atom stereocenters. The Kier molecular flexibility index (Phi) is 4.92. The fourth-order valence-corrected chi connectivity index (χ4v) is 2.78. The van der Waals surface area contributed by atoms with Gasteiger partial charge in [0, 0.05) is 43.3 Å². The number of aromatic nitrogens is 3. The van der Waals surface area contributed by atoms with Crippen molar-refractivity contribution in [3.05, 3.63) is 53.9 Å². The first-order valence-electron chi connectivity index (χ1n) is 7.76. The number of rotatable bonds is 3. The van der Waals surface area contributed by atoms with Crippen molar-refractivity contribution in [3.8, 4) is 0 Å². The van der Waals surface area contributed by atoms with Crippen molar-refractivity contribution in [1.82, 2.24) is 19.9 Å². The summed E-state index contributed by atoms with van der Waals surface area (Å²) in [4.78, 5) is 26.9. The predicted molar refractivity (Wildman–Crippen MR) is 84.9 cm³/mol. The molecule has 1 saturated heterocycles. The van der Waals surface area contributed by atoms with Crippen molar-refractivity contribution in [3.63, 3.8) is 0 Å². The Labute approximate surface area is 135 Å². The van der Waals surface area contributed by atoms with E-state index >= 15 is 0 Å². The SMILES string of the molecule is Cc1cncc(C(=O)N2CCOC[C@@H](Cc3ccncn3)C2)c1. The summed E-state index contributed by atoms with van der Waals surface area (Å²) in [6.45, 7) is 4.40. The van der Waals surface area contributed by atoms with Crippen LogP contribution in [-0.4, -0.2) is 52.1 Å². The summed E-state index contributed by atoms with van der Waals surface area (Å²) in [5.74, 6) is 0.244. The average molecular weight is 312 g/mol. The average Bonchev–Trinajstić information content (AvgIpc) is 2.81. The molecule has 0 bridgehead atoms. The minimum Gasteiger partial charge on any atom is -0.379 e. The largest absolute Gasteiger partial charge is 0.379 e. The lowest BCUT2D eigenvalue weighted by atomic mass is 10.0. The lowest BCUT2D eigenvalue weighted by molar-refractivity contribution is 0.0736. The lowest BCUT2D eigenvalue weighted by Gasteiger charge is -2.23. The highest BCUT2D eigenvalue weighted by molar-refractivity contribution is 5.94. The Bertz CT molecular complexity index is 663. The molecule has 1 aliphatic rings. The van der Waals surface area contributed by atoms with Crippen LogP contribution in [0.3, 0.4) is 0 Å². The normalized spacial score (nSPS) is 18.5. The van der Waals surface area contributed by atoms with Gasteiger partial charge in [-0.1, -0.05) is 0 Å².